The van der Waals surface area contributed by atoms with Gasteiger partial charge in [-0.05, 0) is 43.7 Å². The highest BCUT2D eigenvalue weighted by Crippen LogP contribution is 2.23. The Hall–Kier alpha value is -3.08. The van der Waals surface area contributed by atoms with Crippen molar-refractivity contribution in [2.45, 2.75) is 20.3 Å². The Labute approximate surface area is 146 Å². The summed E-state index contributed by atoms with van der Waals surface area (Å²) in [5.41, 5.74) is 2.49. The number of carbonyl (C=O) groups excluding carboxylic acids is 2. The summed E-state index contributed by atoms with van der Waals surface area (Å²) in [5, 5.41) is 3.40. The molecule has 0 aliphatic rings. The van der Waals surface area contributed by atoms with Gasteiger partial charge in [-0.15, -0.1) is 0 Å². The maximum Gasteiger partial charge on any atom is 0.296 e. The van der Waals surface area contributed by atoms with Crippen molar-refractivity contribution in [2.75, 3.05) is 11.9 Å². The summed E-state index contributed by atoms with van der Waals surface area (Å²) in [4.78, 5) is 28.1. The van der Waals surface area contributed by atoms with Crippen molar-refractivity contribution in [3.8, 4) is 5.75 Å². The minimum atomic E-state index is -0.657. The number of Topliss-reactive ketones (excluding diaryl/α,β-unsaturated/α-hetero) is 1. The Kier molecular flexibility index (Phi) is 4.84. The number of aromatic nitrogens is 1. The van der Waals surface area contributed by atoms with Gasteiger partial charge >= 0.3 is 0 Å². The average molecular weight is 336 g/mol. The van der Waals surface area contributed by atoms with Crippen molar-refractivity contribution < 1.29 is 14.3 Å². The lowest BCUT2D eigenvalue weighted by Crippen LogP contribution is -2.23. The van der Waals surface area contributed by atoms with Gasteiger partial charge in [0.2, 0.25) is 0 Å². The minimum Gasteiger partial charge on any atom is -0.494 e. The van der Waals surface area contributed by atoms with Crippen molar-refractivity contribution >= 4 is 28.3 Å². The largest absolute Gasteiger partial charge is 0.494 e. The van der Waals surface area contributed by atoms with Crippen molar-refractivity contribution in [1.29, 1.82) is 0 Å². The van der Waals surface area contributed by atoms with Crippen LogP contribution in [0.3, 0.4) is 0 Å². The Morgan fingerprint density at radius 1 is 1.08 bits per heavy atom. The highest BCUT2D eigenvalue weighted by Gasteiger charge is 2.22. The van der Waals surface area contributed by atoms with Crippen LogP contribution < -0.4 is 10.1 Å². The van der Waals surface area contributed by atoms with Crippen LogP contribution >= 0.6 is 0 Å². The molecule has 0 spiro atoms. The van der Waals surface area contributed by atoms with Crippen molar-refractivity contribution in [2.24, 2.45) is 0 Å². The lowest BCUT2D eigenvalue weighted by molar-refractivity contribution is -0.112. The van der Waals surface area contributed by atoms with Gasteiger partial charge < -0.3 is 15.0 Å². The molecule has 3 rings (SSSR count). The van der Waals surface area contributed by atoms with Gasteiger partial charge in [-0.3, -0.25) is 9.59 Å². The molecule has 3 aromatic rings. The number of para-hydroxylation sites is 1. The number of H-pyrrole nitrogens is 1. The van der Waals surface area contributed by atoms with E-state index in [1.807, 2.05) is 31.2 Å². The molecule has 2 N–H and O–H groups in total. The summed E-state index contributed by atoms with van der Waals surface area (Å²) in [6.45, 7) is 4.47. The number of aryl methyl sites for hydroxylation is 1. The average Bonchev–Trinajstić information content (AvgIpc) is 2.96. The Morgan fingerprint density at radius 2 is 1.80 bits per heavy atom. The summed E-state index contributed by atoms with van der Waals surface area (Å²) < 4.78 is 5.50. The zero-order valence-corrected chi connectivity index (χ0v) is 14.3. The molecule has 0 fully saturated rings. The van der Waals surface area contributed by atoms with Gasteiger partial charge in [0.1, 0.15) is 5.75 Å². The fraction of sp³-hybridized carbons (Fsp3) is 0.200. The van der Waals surface area contributed by atoms with Crippen LogP contribution in [0.15, 0.2) is 48.5 Å². The predicted molar refractivity (Wildman–Crippen MR) is 98.2 cm³/mol. The van der Waals surface area contributed by atoms with Crippen LogP contribution in [0.4, 0.5) is 5.69 Å². The Morgan fingerprint density at radius 3 is 2.52 bits per heavy atom. The maximum absolute atomic E-state index is 12.6. The molecule has 0 aliphatic heterocycles. The number of ketones is 1. The zero-order valence-electron chi connectivity index (χ0n) is 14.3. The third-order valence-electron chi connectivity index (χ3n) is 3.91. The van der Waals surface area contributed by atoms with E-state index in [2.05, 4.69) is 10.3 Å². The van der Waals surface area contributed by atoms with Gasteiger partial charge in [0.05, 0.1) is 12.2 Å². The number of rotatable bonds is 6. The number of anilines is 1. The van der Waals surface area contributed by atoms with Gasteiger partial charge in [-0.2, -0.15) is 0 Å². The molecule has 0 unspecified atom stereocenters. The first-order valence-electron chi connectivity index (χ1n) is 8.26. The third-order valence-corrected chi connectivity index (χ3v) is 3.91. The first-order valence-corrected chi connectivity index (χ1v) is 8.26. The second-order valence-corrected chi connectivity index (χ2v) is 5.83. The molecule has 25 heavy (non-hydrogen) atoms. The highest BCUT2D eigenvalue weighted by molar-refractivity contribution is 6.48. The fourth-order valence-corrected chi connectivity index (χ4v) is 2.73. The Bertz CT molecular complexity index is 910. The van der Waals surface area contributed by atoms with E-state index in [0.29, 0.717) is 23.6 Å². The smallest absolute Gasteiger partial charge is 0.296 e. The summed E-state index contributed by atoms with van der Waals surface area (Å²) in [6, 6.07) is 14.4. The quantitative estimate of drug-likeness (QED) is 0.526. The topological polar surface area (TPSA) is 71.2 Å². The number of hydrogen-bond donors (Lipinski definition) is 2. The molecule has 0 bridgehead atoms. The number of amides is 1. The first kappa shape index (κ1) is 16.8. The summed E-state index contributed by atoms with van der Waals surface area (Å²) >= 11 is 0. The number of carbonyl (C=O) groups is 2. The molecule has 0 radical (unpaired) electrons. The van der Waals surface area contributed by atoms with E-state index in [1.54, 1.807) is 31.2 Å². The minimum absolute atomic E-state index is 0.413. The van der Waals surface area contributed by atoms with Gasteiger partial charge in [0.25, 0.3) is 11.7 Å². The molecule has 0 saturated carbocycles. The van der Waals surface area contributed by atoms with E-state index < -0.39 is 11.7 Å². The molecule has 1 amide bonds. The standard InChI is InChI=1S/C20H20N2O3/c1-3-12-25-15-10-8-14(9-11-15)22-20(24)19(23)18-13(2)21-17-7-5-4-6-16(17)18/h4-11,21H,3,12H2,1-2H3,(H,22,24). The number of ether oxygens (including phenoxy) is 1. The molecule has 0 atom stereocenters. The molecule has 0 saturated heterocycles. The van der Waals surface area contributed by atoms with Gasteiger partial charge in [0, 0.05) is 22.3 Å². The molecule has 0 aliphatic carbocycles. The normalized spacial score (nSPS) is 10.6. The van der Waals surface area contributed by atoms with Gasteiger partial charge in [-0.1, -0.05) is 25.1 Å². The fourth-order valence-electron chi connectivity index (χ4n) is 2.73. The van der Waals surface area contributed by atoms with Crippen molar-refractivity contribution in [3.63, 3.8) is 0 Å². The summed E-state index contributed by atoms with van der Waals surface area (Å²) in [6.07, 6.45) is 0.928. The number of nitrogens with one attached hydrogen (secondary N) is 2. The number of fused-ring (bicyclic) bond motifs is 1. The highest BCUT2D eigenvalue weighted by atomic mass is 16.5. The number of aromatic amines is 1. The summed E-state index contributed by atoms with van der Waals surface area (Å²) in [5.74, 6) is -0.477. The van der Waals surface area contributed by atoms with Crippen LogP contribution in [-0.2, 0) is 4.79 Å². The molecule has 1 aromatic heterocycles. The first-order chi connectivity index (χ1) is 12.1. The second kappa shape index (κ2) is 7.21. The van der Waals surface area contributed by atoms with Crippen molar-refractivity contribution in [3.05, 3.63) is 59.8 Å². The zero-order chi connectivity index (χ0) is 17.8. The Balaban J connectivity index is 1.76. The van der Waals surface area contributed by atoms with E-state index in [4.69, 9.17) is 4.74 Å². The second-order valence-electron chi connectivity index (χ2n) is 5.83. The molecule has 1 heterocycles. The monoisotopic (exact) mass is 336 g/mol. The van der Waals surface area contributed by atoms with E-state index in [1.165, 1.54) is 0 Å². The molecule has 5 nitrogen and oxygen atoms in total. The van der Waals surface area contributed by atoms with Crippen LogP contribution in [0.25, 0.3) is 10.9 Å². The van der Waals surface area contributed by atoms with Crippen LogP contribution in [0.1, 0.15) is 29.4 Å². The van der Waals surface area contributed by atoms with Gasteiger partial charge in [0.15, 0.2) is 0 Å². The van der Waals surface area contributed by atoms with Crippen LogP contribution in [0.5, 0.6) is 5.75 Å². The van der Waals surface area contributed by atoms with Gasteiger partial charge in [-0.25, -0.2) is 0 Å². The van der Waals surface area contributed by atoms with E-state index >= 15 is 0 Å². The lowest BCUT2D eigenvalue weighted by atomic mass is 10.1. The number of benzene rings is 2. The molecule has 5 heteroatoms. The molecule has 128 valence electrons. The lowest BCUT2D eigenvalue weighted by Gasteiger charge is -2.07. The van der Waals surface area contributed by atoms with Crippen LogP contribution in [-0.4, -0.2) is 23.3 Å². The van der Waals surface area contributed by atoms with E-state index in [9.17, 15) is 9.59 Å². The SMILES string of the molecule is CCCOc1ccc(NC(=O)C(=O)c2c(C)[nH]c3ccccc23)cc1. The predicted octanol–water partition coefficient (Wildman–Crippen LogP) is 4.09. The molecular formula is C20H20N2O3. The molecule has 2 aromatic carbocycles. The van der Waals surface area contributed by atoms with Crippen LogP contribution in [0.2, 0.25) is 0 Å². The van der Waals surface area contributed by atoms with Crippen molar-refractivity contribution in [1.82, 2.24) is 4.98 Å². The van der Waals surface area contributed by atoms with E-state index in [0.717, 1.165) is 23.1 Å². The van der Waals surface area contributed by atoms with E-state index in [-0.39, 0.29) is 0 Å². The third kappa shape index (κ3) is 3.55. The number of hydrogen-bond acceptors (Lipinski definition) is 3. The molecular weight excluding hydrogens is 316 g/mol. The maximum atomic E-state index is 12.6. The van der Waals surface area contributed by atoms with Crippen LogP contribution in [0, 0.1) is 6.92 Å². The summed E-state index contributed by atoms with van der Waals surface area (Å²) in [7, 11) is 0.